The summed E-state index contributed by atoms with van der Waals surface area (Å²) in [6.07, 6.45) is -4.52. The van der Waals surface area contributed by atoms with Gasteiger partial charge in [0.1, 0.15) is 23.2 Å². The Morgan fingerprint density at radius 3 is 2.13 bits per heavy atom. The van der Waals surface area contributed by atoms with E-state index < -0.39 is 12.1 Å². The highest BCUT2D eigenvalue weighted by molar-refractivity contribution is 5.76. The lowest BCUT2D eigenvalue weighted by Crippen LogP contribution is -2.24. The fourth-order valence-corrected chi connectivity index (χ4v) is 3.51. The molecule has 3 N–H and O–H groups in total. The molecule has 1 aliphatic rings. The number of nitrogens with one attached hydrogen (secondary N) is 2. The molecule has 1 aromatic carbocycles. The topological polar surface area (TPSA) is 132 Å². The second kappa shape index (κ2) is 13.7. The summed E-state index contributed by atoms with van der Waals surface area (Å²) in [5.74, 6) is 0.152. The highest BCUT2D eigenvalue weighted by Gasteiger charge is 2.38. The Kier molecular flexibility index (Phi) is 11.0. The van der Waals surface area contributed by atoms with Gasteiger partial charge < -0.3 is 39.8 Å². The Balaban J connectivity index is 0.000000673. The summed E-state index contributed by atoms with van der Waals surface area (Å²) in [4.78, 5) is 17.7. The largest absolute Gasteiger partial charge is 0.493 e. The monoisotopic (exact) mass is 554 g/mol. The van der Waals surface area contributed by atoms with Gasteiger partial charge in [0.15, 0.2) is 11.5 Å². The molecule has 2 aromatic rings. The molecule has 0 atom stereocenters. The molecular weight excluding hydrogens is 521 g/mol. The van der Waals surface area contributed by atoms with Crippen LogP contribution in [-0.2, 0) is 11.2 Å². The number of methoxy groups -OCH3 is 2. The number of pyridine rings is 1. The summed E-state index contributed by atoms with van der Waals surface area (Å²) in [6, 6.07) is 6.07. The molecule has 14 heteroatoms. The van der Waals surface area contributed by atoms with Crippen LogP contribution < -0.4 is 24.8 Å². The molecule has 0 unspecified atom stereocenters. The van der Waals surface area contributed by atoms with Crippen molar-refractivity contribution >= 4 is 17.5 Å². The van der Waals surface area contributed by atoms with Crippen LogP contribution in [0.3, 0.4) is 0 Å². The fraction of sp³-hybridized carbons (Fsp3) is 0.480. The number of anilines is 2. The zero-order valence-corrected chi connectivity index (χ0v) is 22.7. The maximum atomic E-state index is 10.6. The number of aliphatic carboxylic acids is 1. The Labute approximate surface area is 225 Å². The van der Waals surface area contributed by atoms with Gasteiger partial charge in [0.25, 0.3) is 0 Å². The second-order valence-corrected chi connectivity index (χ2v) is 8.96. The van der Waals surface area contributed by atoms with Crippen LogP contribution in [0.4, 0.5) is 24.7 Å². The number of carbonyl (C=O) groups is 1. The van der Waals surface area contributed by atoms with E-state index in [2.05, 4.69) is 31.5 Å². The molecule has 0 fully saturated rings. The number of rotatable bonds is 10. The predicted molar refractivity (Wildman–Crippen MR) is 139 cm³/mol. The zero-order chi connectivity index (χ0) is 29.3. The smallest absolute Gasteiger partial charge is 0.490 e. The van der Waals surface area contributed by atoms with Crippen LogP contribution >= 0.6 is 0 Å². The van der Waals surface area contributed by atoms with E-state index in [0.717, 1.165) is 29.9 Å². The third-order valence-electron chi connectivity index (χ3n) is 5.47. The SMILES string of the molecule is COc1cc2c(cc1OC)Oc1nc(NCCN(C)C)c(C#N)c(NCCN(C)C)c1C2.O=C(O)C(F)(F)F. The average Bonchev–Trinajstić information content (AvgIpc) is 2.86. The summed E-state index contributed by atoms with van der Waals surface area (Å²) in [5, 5.41) is 23.9. The van der Waals surface area contributed by atoms with E-state index in [1.54, 1.807) is 14.2 Å². The fourth-order valence-electron chi connectivity index (χ4n) is 3.51. The van der Waals surface area contributed by atoms with Crippen LogP contribution in [0.5, 0.6) is 23.1 Å². The number of alkyl halides is 3. The van der Waals surface area contributed by atoms with Crippen molar-refractivity contribution in [2.24, 2.45) is 0 Å². The molecule has 214 valence electrons. The molecule has 1 aromatic heterocycles. The summed E-state index contributed by atoms with van der Waals surface area (Å²) in [6.45, 7) is 2.99. The van der Waals surface area contributed by atoms with Crippen molar-refractivity contribution in [2.75, 3.05) is 79.2 Å². The molecule has 39 heavy (non-hydrogen) atoms. The number of benzene rings is 1. The minimum Gasteiger partial charge on any atom is -0.493 e. The first-order valence-corrected chi connectivity index (χ1v) is 11.8. The van der Waals surface area contributed by atoms with Crippen LogP contribution in [0.25, 0.3) is 0 Å². The van der Waals surface area contributed by atoms with Gasteiger partial charge in [-0.15, -0.1) is 0 Å². The van der Waals surface area contributed by atoms with Gasteiger partial charge in [-0.3, -0.25) is 0 Å². The quantitative estimate of drug-likeness (QED) is 0.341. The molecule has 11 nitrogen and oxygen atoms in total. The van der Waals surface area contributed by atoms with E-state index in [-0.39, 0.29) is 0 Å². The lowest BCUT2D eigenvalue weighted by molar-refractivity contribution is -0.192. The molecule has 0 radical (unpaired) electrons. The summed E-state index contributed by atoms with van der Waals surface area (Å²) < 4.78 is 48.8. The van der Waals surface area contributed by atoms with Gasteiger partial charge in [-0.1, -0.05) is 0 Å². The van der Waals surface area contributed by atoms with Crippen molar-refractivity contribution in [3.8, 4) is 29.2 Å². The number of hydrogen-bond donors (Lipinski definition) is 3. The van der Waals surface area contributed by atoms with Crippen molar-refractivity contribution in [3.63, 3.8) is 0 Å². The average molecular weight is 555 g/mol. The number of nitrogens with zero attached hydrogens (tertiary/aromatic N) is 4. The molecular formula is C25H33F3N6O5. The summed E-state index contributed by atoms with van der Waals surface area (Å²) in [5.41, 5.74) is 3.06. The third-order valence-corrected chi connectivity index (χ3v) is 5.47. The van der Waals surface area contributed by atoms with Crippen LogP contribution in [-0.4, -0.2) is 101 Å². The lowest BCUT2D eigenvalue weighted by Gasteiger charge is -2.26. The second-order valence-electron chi connectivity index (χ2n) is 8.96. The van der Waals surface area contributed by atoms with Crippen LogP contribution in [0.15, 0.2) is 12.1 Å². The Morgan fingerprint density at radius 1 is 1.10 bits per heavy atom. The number of fused-ring (bicyclic) bond motifs is 2. The van der Waals surface area contributed by atoms with E-state index in [1.807, 2.05) is 40.3 Å². The number of ether oxygens (including phenoxy) is 3. The van der Waals surface area contributed by atoms with Crippen molar-refractivity contribution in [1.82, 2.24) is 14.8 Å². The number of likely N-dealkylation sites (N-methyl/N-ethyl adjacent to an activating group) is 2. The number of carboxylic acid groups (broad SMARTS) is 1. The van der Waals surface area contributed by atoms with Crippen molar-refractivity contribution in [2.45, 2.75) is 12.6 Å². The van der Waals surface area contributed by atoms with Gasteiger partial charge >= 0.3 is 12.1 Å². The standard InChI is InChI=1S/C23H32N6O3.C2HF3O2/c1-28(2)9-7-25-21-16-11-15-12-19(30-5)20(31-6)13-18(15)32-23(16)27-22(17(21)14-24)26-8-10-29(3)4;3-2(4,5)1(6)7/h12-13H,7-11H2,1-6H3,(H2,25,26,27);(H,6,7). The predicted octanol–water partition coefficient (Wildman–Crippen LogP) is 3.25. The first-order chi connectivity index (χ1) is 18.3. The molecule has 0 aliphatic carbocycles. The third kappa shape index (κ3) is 8.52. The van der Waals surface area contributed by atoms with Gasteiger partial charge in [0, 0.05) is 49.8 Å². The number of halogens is 3. The molecule has 0 spiro atoms. The van der Waals surface area contributed by atoms with Gasteiger partial charge in [-0.25, -0.2) is 4.79 Å². The van der Waals surface area contributed by atoms with Gasteiger partial charge in [0.05, 0.1) is 19.9 Å². The number of hydrogen-bond acceptors (Lipinski definition) is 10. The van der Waals surface area contributed by atoms with Gasteiger partial charge in [0.2, 0.25) is 5.88 Å². The molecule has 0 saturated carbocycles. The molecule has 3 rings (SSSR count). The van der Waals surface area contributed by atoms with Gasteiger partial charge in [-0.2, -0.15) is 23.4 Å². The number of aromatic nitrogens is 1. The van der Waals surface area contributed by atoms with E-state index in [0.29, 0.717) is 54.0 Å². The lowest BCUT2D eigenvalue weighted by atomic mass is 9.98. The molecule has 0 amide bonds. The minimum atomic E-state index is -5.08. The van der Waals surface area contributed by atoms with E-state index in [4.69, 9.17) is 24.1 Å². The maximum Gasteiger partial charge on any atom is 0.490 e. The van der Waals surface area contributed by atoms with Gasteiger partial charge in [-0.05, 0) is 34.3 Å². The highest BCUT2D eigenvalue weighted by atomic mass is 19.4. The van der Waals surface area contributed by atoms with Crippen molar-refractivity contribution in [3.05, 3.63) is 28.8 Å². The Bertz CT molecular complexity index is 1200. The van der Waals surface area contributed by atoms with E-state index in [9.17, 15) is 18.4 Å². The molecule has 2 heterocycles. The summed E-state index contributed by atoms with van der Waals surface area (Å²) in [7, 11) is 11.2. The summed E-state index contributed by atoms with van der Waals surface area (Å²) >= 11 is 0. The molecule has 0 bridgehead atoms. The van der Waals surface area contributed by atoms with Crippen LogP contribution in [0.2, 0.25) is 0 Å². The first kappa shape index (κ1) is 31.3. The zero-order valence-electron chi connectivity index (χ0n) is 22.7. The van der Waals surface area contributed by atoms with E-state index in [1.165, 1.54) is 0 Å². The van der Waals surface area contributed by atoms with Crippen molar-refractivity contribution in [1.29, 1.82) is 5.26 Å². The number of carboxylic acids is 1. The molecule has 1 aliphatic heterocycles. The normalized spacial score (nSPS) is 11.8. The number of nitriles is 1. The maximum absolute atomic E-state index is 10.6. The Hall–Kier alpha value is -3.96. The van der Waals surface area contributed by atoms with Crippen molar-refractivity contribution < 1.29 is 37.3 Å². The van der Waals surface area contributed by atoms with Crippen LogP contribution in [0.1, 0.15) is 16.7 Å². The molecule has 0 saturated heterocycles. The Morgan fingerprint density at radius 2 is 1.64 bits per heavy atom. The first-order valence-electron chi connectivity index (χ1n) is 11.8. The highest BCUT2D eigenvalue weighted by Crippen LogP contribution is 2.45. The minimum absolute atomic E-state index is 0.489. The van der Waals surface area contributed by atoms with E-state index >= 15 is 0 Å². The van der Waals surface area contributed by atoms with Crippen LogP contribution in [0, 0.1) is 11.3 Å².